The molecule has 162 valence electrons. The minimum Gasteiger partial charge on any atom is -0.491 e. The van der Waals surface area contributed by atoms with Crippen LogP contribution in [-0.4, -0.2) is 38.7 Å². The number of hydrogen-bond donors (Lipinski definition) is 3. The predicted octanol–water partition coefficient (Wildman–Crippen LogP) is 3.29. The molecule has 0 saturated carbocycles. The lowest BCUT2D eigenvalue weighted by Gasteiger charge is -2.10. The fourth-order valence-electron chi connectivity index (χ4n) is 2.69. The van der Waals surface area contributed by atoms with E-state index < -0.39 is 0 Å². The van der Waals surface area contributed by atoms with Crippen molar-refractivity contribution in [3.63, 3.8) is 0 Å². The maximum atomic E-state index is 12.2. The van der Waals surface area contributed by atoms with Crippen LogP contribution < -0.4 is 20.7 Å². The summed E-state index contributed by atoms with van der Waals surface area (Å²) < 4.78 is 15.6. The van der Waals surface area contributed by atoms with E-state index in [2.05, 4.69) is 16.0 Å². The molecule has 1 heterocycles. The Morgan fingerprint density at radius 1 is 0.935 bits per heavy atom. The largest absolute Gasteiger partial charge is 0.491 e. The number of carbonyl (C=O) groups is 2. The summed E-state index contributed by atoms with van der Waals surface area (Å²) in [5.41, 5.74) is 1.91. The monoisotopic (exact) mass is 423 g/mol. The van der Waals surface area contributed by atoms with Gasteiger partial charge in [-0.3, -0.25) is 9.59 Å². The summed E-state index contributed by atoms with van der Waals surface area (Å²) in [5.74, 6) is 0.999. The van der Waals surface area contributed by atoms with E-state index in [4.69, 9.17) is 13.9 Å². The molecule has 0 aliphatic rings. The van der Waals surface area contributed by atoms with Gasteiger partial charge in [-0.1, -0.05) is 0 Å². The van der Waals surface area contributed by atoms with Gasteiger partial charge in [-0.15, -0.1) is 0 Å². The number of ether oxygens (including phenoxy) is 2. The Morgan fingerprint density at radius 3 is 2.35 bits per heavy atom. The summed E-state index contributed by atoms with van der Waals surface area (Å²) >= 11 is 0. The van der Waals surface area contributed by atoms with E-state index in [-0.39, 0.29) is 18.4 Å². The molecule has 8 heteroatoms. The summed E-state index contributed by atoms with van der Waals surface area (Å²) in [4.78, 5) is 24.3. The minimum absolute atomic E-state index is 0.106. The summed E-state index contributed by atoms with van der Waals surface area (Å²) in [6.45, 7) is 1.43. The highest BCUT2D eigenvalue weighted by Crippen LogP contribution is 2.16. The maximum absolute atomic E-state index is 12.2. The molecule has 0 unspecified atom stereocenters. The van der Waals surface area contributed by atoms with E-state index in [1.165, 1.54) is 0 Å². The average Bonchev–Trinajstić information content (AvgIpc) is 3.31. The Kier molecular flexibility index (Phi) is 8.07. The highest BCUT2D eigenvalue weighted by Gasteiger charge is 2.08. The van der Waals surface area contributed by atoms with Gasteiger partial charge < -0.3 is 29.8 Å². The number of carbonyl (C=O) groups excluding carboxylic acids is 2. The van der Waals surface area contributed by atoms with Crippen LogP contribution in [0.5, 0.6) is 5.75 Å². The third kappa shape index (κ3) is 7.20. The van der Waals surface area contributed by atoms with Gasteiger partial charge in [0.1, 0.15) is 18.1 Å². The van der Waals surface area contributed by atoms with Gasteiger partial charge >= 0.3 is 0 Å². The number of nitrogens with one attached hydrogen (secondary N) is 3. The van der Waals surface area contributed by atoms with Crippen LogP contribution in [0.1, 0.15) is 16.1 Å². The van der Waals surface area contributed by atoms with Crippen molar-refractivity contribution in [3.05, 3.63) is 78.3 Å². The molecule has 0 radical (unpaired) electrons. The SMILES string of the molecule is COCCOc1ccc(NCC(=O)Nc2ccc(C(=O)NCc3ccco3)cc2)cc1. The smallest absolute Gasteiger partial charge is 0.251 e. The fraction of sp³-hybridized carbons (Fsp3) is 0.217. The first-order chi connectivity index (χ1) is 15.1. The van der Waals surface area contributed by atoms with Crippen molar-refractivity contribution in [2.75, 3.05) is 37.5 Å². The van der Waals surface area contributed by atoms with Gasteiger partial charge in [0.2, 0.25) is 5.91 Å². The predicted molar refractivity (Wildman–Crippen MR) is 117 cm³/mol. The Balaban J connectivity index is 1.41. The lowest BCUT2D eigenvalue weighted by molar-refractivity contribution is -0.114. The molecule has 3 aromatic rings. The Hall–Kier alpha value is -3.78. The summed E-state index contributed by atoms with van der Waals surface area (Å²) in [6, 6.07) is 17.6. The van der Waals surface area contributed by atoms with Gasteiger partial charge in [0, 0.05) is 24.0 Å². The van der Waals surface area contributed by atoms with Crippen molar-refractivity contribution in [2.45, 2.75) is 6.54 Å². The molecule has 1 aromatic heterocycles. The molecule has 0 atom stereocenters. The second-order valence-electron chi connectivity index (χ2n) is 6.61. The first kappa shape index (κ1) is 21.9. The highest BCUT2D eigenvalue weighted by atomic mass is 16.5. The van der Waals surface area contributed by atoms with Crippen LogP contribution in [0, 0.1) is 0 Å². The number of rotatable bonds is 11. The number of amides is 2. The van der Waals surface area contributed by atoms with Crippen LogP contribution in [-0.2, 0) is 16.1 Å². The number of methoxy groups -OCH3 is 1. The average molecular weight is 423 g/mol. The van der Waals surface area contributed by atoms with Crippen LogP contribution >= 0.6 is 0 Å². The van der Waals surface area contributed by atoms with E-state index in [1.54, 1.807) is 49.8 Å². The number of furan rings is 1. The Bertz CT molecular complexity index is 954. The Labute approximate surface area is 180 Å². The van der Waals surface area contributed by atoms with Crippen LogP contribution in [0.25, 0.3) is 0 Å². The molecule has 2 aromatic carbocycles. The van der Waals surface area contributed by atoms with Gasteiger partial charge in [-0.25, -0.2) is 0 Å². The van der Waals surface area contributed by atoms with Crippen molar-refractivity contribution >= 4 is 23.2 Å². The molecule has 0 bridgehead atoms. The van der Waals surface area contributed by atoms with Crippen LogP contribution in [0.2, 0.25) is 0 Å². The second kappa shape index (κ2) is 11.4. The maximum Gasteiger partial charge on any atom is 0.251 e. The number of hydrogen-bond acceptors (Lipinski definition) is 6. The highest BCUT2D eigenvalue weighted by molar-refractivity contribution is 5.96. The molecular weight excluding hydrogens is 398 g/mol. The summed E-state index contributed by atoms with van der Waals surface area (Å²) in [6.07, 6.45) is 1.56. The molecule has 8 nitrogen and oxygen atoms in total. The van der Waals surface area contributed by atoms with Crippen molar-refractivity contribution in [1.82, 2.24) is 5.32 Å². The van der Waals surface area contributed by atoms with E-state index in [9.17, 15) is 9.59 Å². The third-order valence-corrected chi connectivity index (χ3v) is 4.30. The molecule has 0 spiro atoms. The molecule has 3 rings (SSSR count). The molecular formula is C23H25N3O5. The number of anilines is 2. The summed E-state index contributed by atoms with van der Waals surface area (Å²) in [7, 11) is 1.62. The molecule has 3 N–H and O–H groups in total. The molecule has 0 saturated heterocycles. The zero-order chi connectivity index (χ0) is 21.9. The normalized spacial score (nSPS) is 10.4. The standard InChI is InChI=1S/C23H25N3O5/c1-29-13-14-31-20-10-8-18(9-11-20)24-16-22(27)26-19-6-4-17(5-7-19)23(28)25-15-21-3-2-12-30-21/h2-12,24H,13-16H2,1H3,(H,25,28)(H,26,27). The van der Waals surface area contributed by atoms with Gasteiger partial charge in [0.05, 0.1) is 26.0 Å². The lowest BCUT2D eigenvalue weighted by atomic mass is 10.2. The molecule has 2 amide bonds. The van der Waals surface area contributed by atoms with E-state index in [1.807, 2.05) is 24.3 Å². The first-order valence-electron chi connectivity index (χ1n) is 9.80. The van der Waals surface area contributed by atoms with Crippen LogP contribution in [0.4, 0.5) is 11.4 Å². The van der Waals surface area contributed by atoms with Gasteiger partial charge in [0.15, 0.2) is 0 Å². The topological polar surface area (TPSA) is 102 Å². The zero-order valence-corrected chi connectivity index (χ0v) is 17.2. The quantitative estimate of drug-likeness (QED) is 0.409. The molecule has 0 fully saturated rings. The van der Waals surface area contributed by atoms with E-state index >= 15 is 0 Å². The van der Waals surface area contributed by atoms with Crippen molar-refractivity contribution in [3.8, 4) is 5.75 Å². The first-order valence-corrected chi connectivity index (χ1v) is 9.80. The minimum atomic E-state index is -0.217. The second-order valence-corrected chi connectivity index (χ2v) is 6.61. The summed E-state index contributed by atoms with van der Waals surface area (Å²) in [5, 5.41) is 8.62. The Morgan fingerprint density at radius 2 is 1.68 bits per heavy atom. The van der Waals surface area contributed by atoms with Gasteiger partial charge in [-0.2, -0.15) is 0 Å². The van der Waals surface area contributed by atoms with Gasteiger partial charge in [0.25, 0.3) is 5.91 Å². The third-order valence-electron chi connectivity index (χ3n) is 4.30. The van der Waals surface area contributed by atoms with Crippen molar-refractivity contribution in [2.24, 2.45) is 0 Å². The van der Waals surface area contributed by atoms with Crippen molar-refractivity contribution in [1.29, 1.82) is 0 Å². The van der Waals surface area contributed by atoms with Crippen LogP contribution in [0.15, 0.2) is 71.3 Å². The zero-order valence-electron chi connectivity index (χ0n) is 17.2. The lowest BCUT2D eigenvalue weighted by Crippen LogP contribution is -2.23. The van der Waals surface area contributed by atoms with Crippen molar-refractivity contribution < 1.29 is 23.5 Å². The number of benzene rings is 2. The van der Waals surface area contributed by atoms with E-state index in [0.29, 0.717) is 36.8 Å². The van der Waals surface area contributed by atoms with Crippen LogP contribution in [0.3, 0.4) is 0 Å². The molecule has 31 heavy (non-hydrogen) atoms. The molecule has 0 aliphatic carbocycles. The van der Waals surface area contributed by atoms with Gasteiger partial charge in [-0.05, 0) is 60.7 Å². The fourth-order valence-corrected chi connectivity index (χ4v) is 2.69. The van der Waals surface area contributed by atoms with E-state index in [0.717, 1.165) is 11.4 Å². The molecule has 0 aliphatic heterocycles.